The van der Waals surface area contributed by atoms with Crippen molar-refractivity contribution in [3.63, 3.8) is 0 Å². The molecular formula is C21H17NS2. The highest BCUT2D eigenvalue weighted by molar-refractivity contribution is 8.14. The van der Waals surface area contributed by atoms with Gasteiger partial charge in [0.05, 0.1) is 5.69 Å². The molecular weight excluding hydrogens is 330 g/mol. The molecule has 0 radical (unpaired) electrons. The van der Waals surface area contributed by atoms with Crippen LogP contribution in [0.5, 0.6) is 0 Å². The molecule has 0 saturated heterocycles. The summed E-state index contributed by atoms with van der Waals surface area (Å²) in [5.74, 6) is 0. The molecule has 0 atom stereocenters. The number of benzene rings is 3. The van der Waals surface area contributed by atoms with Gasteiger partial charge in [-0.05, 0) is 47.9 Å². The van der Waals surface area contributed by atoms with Crippen LogP contribution in [0.3, 0.4) is 0 Å². The number of hydrogen-bond donors (Lipinski definition) is 0. The summed E-state index contributed by atoms with van der Waals surface area (Å²) in [4.78, 5) is 7.17. The Kier molecular flexibility index (Phi) is 6.34. The van der Waals surface area contributed by atoms with Gasteiger partial charge in [0.15, 0.2) is 0 Å². The molecule has 0 unspecified atom stereocenters. The van der Waals surface area contributed by atoms with Crippen molar-refractivity contribution in [3.8, 4) is 0 Å². The van der Waals surface area contributed by atoms with E-state index in [2.05, 4.69) is 35.7 Å². The van der Waals surface area contributed by atoms with Crippen LogP contribution < -0.4 is 0 Å². The Hall–Kier alpha value is -2.23. The first kappa shape index (κ1) is 16.6. The van der Waals surface area contributed by atoms with E-state index >= 15 is 0 Å². The first-order valence-electron chi connectivity index (χ1n) is 7.65. The van der Waals surface area contributed by atoms with E-state index in [1.807, 2.05) is 66.7 Å². The van der Waals surface area contributed by atoms with Gasteiger partial charge in [0.25, 0.3) is 0 Å². The summed E-state index contributed by atoms with van der Waals surface area (Å²) in [5, 5.41) is 3.06. The van der Waals surface area contributed by atoms with Crippen LogP contribution in [0.4, 0.5) is 5.69 Å². The van der Waals surface area contributed by atoms with Gasteiger partial charge in [0.1, 0.15) is 5.04 Å². The predicted molar refractivity (Wildman–Crippen MR) is 107 cm³/mol. The zero-order valence-electron chi connectivity index (χ0n) is 13.1. The lowest BCUT2D eigenvalue weighted by molar-refractivity contribution is 1.47. The van der Waals surface area contributed by atoms with Crippen LogP contribution in [-0.4, -0.2) is 5.04 Å². The van der Waals surface area contributed by atoms with Crippen molar-refractivity contribution in [2.75, 3.05) is 0 Å². The average molecular weight is 348 g/mol. The van der Waals surface area contributed by atoms with Crippen molar-refractivity contribution < 1.29 is 0 Å². The molecule has 3 heteroatoms. The minimum Gasteiger partial charge on any atom is -0.242 e. The highest BCUT2D eigenvalue weighted by Crippen LogP contribution is 2.25. The summed E-state index contributed by atoms with van der Waals surface area (Å²) in [6.45, 7) is 0. The van der Waals surface area contributed by atoms with Crippen LogP contribution in [0.1, 0.15) is 0 Å². The molecule has 0 amide bonds. The summed E-state index contributed by atoms with van der Waals surface area (Å²) in [7, 11) is 0. The van der Waals surface area contributed by atoms with Gasteiger partial charge < -0.3 is 0 Å². The lowest BCUT2D eigenvalue weighted by Gasteiger charge is -2.02. The fourth-order valence-corrected chi connectivity index (χ4v) is 3.58. The second kappa shape index (κ2) is 9.16. The van der Waals surface area contributed by atoms with Gasteiger partial charge >= 0.3 is 0 Å². The van der Waals surface area contributed by atoms with Gasteiger partial charge in [-0.3, -0.25) is 0 Å². The van der Waals surface area contributed by atoms with E-state index in [4.69, 9.17) is 4.99 Å². The van der Waals surface area contributed by atoms with Gasteiger partial charge in [0, 0.05) is 9.79 Å². The zero-order valence-corrected chi connectivity index (χ0v) is 14.7. The summed E-state index contributed by atoms with van der Waals surface area (Å²) in [6, 6.07) is 30.7. The molecule has 3 rings (SSSR count). The Morgan fingerprint density at radius 1 is 0.667 bits per heavy atom. The summed E-state index contributed by atoms with van der Waals surface area (Å²) < 4.78 is 0. The number of nitrogens with zero attached hydrogens (tertiary/aromatic N) is 1. The Morgan fingerprint density at radius 3 is 1.83 bits per heavy atom. The van der Waals surface area contributed by atoms with E-state index < -0.39 is 0 Å². The molecule has 0 aliphatic rings. The molecule has 0 saturated carbocycles. The first-order chi connectivity index (χ1) is 11.9. The highest BCUT2D eigenvalue weighted by atomic mass is 32.2. The van der Waals surface area contributed by atoms with Gasteiger partial charge in [-0.1, -0.05) is 78.1 Å². The van der Waals surface area contributed by atoms with Crippen LogP contribution in [0.2, 0.25) is 0 Å². The topological polar surface area (TPSA) is 12.4 Å². The summed E-state index contributed by atoms with van der Waals surface area (Å²) in [6.07, 6.45) is 2.07. The molecule has 0 fully saturated rings. The van der Waals surface area contributed by atoms with Gasteiger partial charge in [-0.15, -0.1) is 0 Å². The first-order valence-corrected chi connectivity index (χ1v) is 9.35. The number of hydrogen-bond acceptors (Lipinski definition) is 3. The van der Waals surface area contributed by atoms with Crippen LogP contribution in [-0.2, 0) is 0 Å². The minimum atomic E-state index is 0.963. The van der Waals surface area contributed by atoms with E-state index in [-0.39, 0.29) is 0 Å². The van der Waals surface area contributed by atoms with E-state index in [9.17, 15) is 0 Å². The third-order valence-electron chi connectivity index (χ3n) is 3.12. The third kappa shape index (κ3) is 5.44. The molecule has 24 heavy (non-hydrogen) atoms. The standard InChI is InChI=1S/C21H17NS2/c1-4-10-18(11-5-1)22-21(24-20-14-8-3-9-15-20)16-17-23-19-12-6-2-7-13-19/h1-17H/b17-16+,22-21?. The van der Waals surface area contributed by atoms with E-state index in [0.717, 1.165) is 10.7 Å². The van der Waals surface area contributed by atoms with Crippen molar-refractivity contribution >= 4 is 34.3 Å². The van der Waals surface area contributed by atoms with Gasteiger partial charge in [-0.25, -0.2) is 4.99 Å². The van der Waals surface area contributed by atoms with Crippen molar-refractivity contribution in [1.29, 1.82) is 0 Å². The molecule has 0 bridgehead atoms. The summed E-state index contributed by atoms with van der Waals surface area (Å²) in [5.41, 5.74) is 0.963. The fraction of sp³-hybridized carbons (Fsp3) is 0. The van der Waals surface area contributed by atoms with E-state index in [0.29, 0.717) is 0 Å². The molecule has 0 aliphatic carbocycles. The average Bonchev–Trinajstić information content (AvgIpc) is 2.64. The molecule has 0 aliphatic heterocycles. The number of rotatable bonds is 5. The maximum Gasteiger partial charge on any atom is 0.102 e. The fourth-order valence-electron chi connectivity index (χ4n) is 2.00. The number of para-hydroxylation sites is 1. The Balaban J connectivity index is 1.78. The van der Waals surface area contributed by atoms with Crippen molar-refractivity contribution in [1.82, 2.24) is 0 Å². The van der Waals surface area contributed by atoms with E-state index in [1.54, 1.807) is 23.5 Å². The lowest BCUT2D eigenvalue weighted by Crippen LogP contribution is -1.86. The van der Waals surface area contributed by atoms with Crippen molar-refractivity contribution in [3.05, 3.63) is 102 Å². The Bertz CT molecular complexity index is 797. The highest BCUT2D eigenvalue weighted by Gasteiger charge is 2.00. The minimum absolute atomic E-state index is 0.963. The molecule has 0 aromatic heterocycles. The smallest absolute Gasteiger partial charge is 0.102 e. The molecule has 0 spiro atoms. The molecule has 0 N–H and O–H groups in total. The zero-order chi connectivity index (χ0) is 16.5. The number of thioether (sulfide) groups is 2. The normalized spacial score (nSPS) is 11.8. The van der Waals surface area contributed by atoms with Crippen LogP contribution in [0.25, 0.3) is 0 Å². The SMILES string of the molecule is C(=C\C(=Nc1ccccc1)Sc1ccccc1)/Sc1ccccc1. The van der Waals surface area contributed by atoms with Crippen molar-refractivity contribution in [2.45, 2.75) is 9.79 Å². The maximum atomic E-state index is 4.76. The van der Waals surface area contributed by atoms with Gasteiger partial charge in [0.2, 0.25) is 0 Å². The lowest BCUT2D eigenvalue weighted by atomic mass is 10.3. The molecule has 1 nitrogen and oxygen atoms in total. The Morgan fingerprint density at radius 2 is 1.21 bits per heavy atom. The van der Waals surface area contributed by atoms with Crippen LogP contribution in [0.15, 0.2) is 117 Å². The van der Waals surface area contributed by atoms with Crippen LogP contribution in [0, 0.1) is 0 Å². The second-order valence-corrected chi connectivity index (χ2v) is 7.01. The molecule has 118 valence electrons. The van der Waals surface area contributed by atoms with Crippen molar-refractivity contribution in [2.24, 2.45) is 4.99 Å². The second-order valence-electron chi connectivity index (χ2n) is 4.93. The largest absolute Gasteiger partial charge is 0.242 e. The monoisotopic (exact) mass is 347 g/mol. The molecule has 3 aromatic carbocycles. The molecule has 0 heterocycles. The third-order valence-corrected chi connectivity index (χ3v) is 4.88. The van der Waals surface area contributed by atoms with Gasteiger partial charge in [-0.2, -0.15) is 0 Å². The predicted octanol–water partition coefficient (Wildman–Crippen LogP) is 6.81. The number of aliphatic imine (C=N–C) groups is 1. The Labute approximate surface area is 151 Å². The van der Waals surface area contributed by atoms with E-state index in [1.165, 1.54) is 9.79 Å². The maximum absolute atomic E-state index is 4.76. The summed E-state index contributed by atoms with van der Waals surface area (Å²) >= 11 is 3.36. The van der Waals surface area contributed by atoms with Crippen LogP contribution >= 0.6 is 23.5 Å². The molecule has 3 aromatic rings. The quantitative estimate of drug-likeness (QED) is 0.285.